The molecule has 1 atom stereocenters. The molecule has 0 heterocycles. The van der Waals surface area contributed by atoms with Gasteiger partial charge in [0.1, 0.15) is 5.75 Å². The van der Waals surface area contributed by atoms with Crippen molar-refractivity contribution >= 4 is 15.9 Å². The second-order valence-electron chi connectivity index (χ2n) is 2.52. The molecular formula is C8H11BrN2O. The molecule has 0 spiro atoms. The Kier molecular flexibility index (Phi) is 3.08. The first-order valence-electron chi connectivity index (χ1n) is 3.60. The highest BCUT2D eigenvalue weighted by atomic mass is 79.9. The van der Waals surface area contributed by atoms with E-state index in [1.54, 1.807) is 12.1 Å². The maximum atomic E-state index is 9.30. The highest BCUT2D eigenvalue weighted by molar-refractivity contribution is 9.10. The van der Waals surface area contributed by atoms with Gasteiger partial charge < -0.3 is 16.6 Å². The molecule has 0 aliphatic heterocycles. The molecule has 0 saturated carbocycles. The summed E-state index contributed by atoms with van der Waals surface area (Å²) in [4.78, 5) is 0. The third kappa shape index (κ3) is 1.77. The molecule has 12 heavy (non-hydrogen) atoms. The normalized spacial score (nSPS) is 12.9. The summed E-state index contributed by atoms with van der Waals surface area (Å²) in [7, 11) is 0. The Balaban J connectivity index is 3.07. The lowest BCUT2D eigenvalue weighted by Gasteiger charge is -2.11. The van der Waals surface area contributed by atoms with Gasteiger partial charge in [0.25, 0.3) is 0 Å². The molecule has 1 rings (SSSR count). The van der Waals surface area contributed by atoms with Gasteiger partial charge in [0.05, 0.1) is 4.47 Å². The minimum atomic E-state index is -0.230. The number of hydrogen-bond donors (Lipinski definition) is 3. The standard InChI is InChI=1S/C8H11BrN2O/c9-8-5(6(11)4-10)2-1-3-7(8)12/h1-3,6,12H,4,10-11H2. The third-order valence-corrected chi connectivity index (χ3v) is 2.53. The Bertz CT molecular complexity index is 278. The molecule has 0 radical (unpaired) electrons. The van der Waals surface area contributed by atoms with Crippen molar-refractivity contribution in [3.05, 3.63) is 28.2 Å². The maximum Gasteiger partial charge on any atom is 0.130 e. The smallest absolute Gasteiger partial charge is 0.130 e. The average molecular weight is 231 g/mol. The maximum absolute atomic E-state index is 9.30. The number of hydrogen-bond acceptors (Lipinski definition) is 3. The van der Waals surface area contributed by atoms with Gasteiger partial charge in [-0.2, -0.15) is 0 Å². The van der Waals surface area contributed by atoms with Gasteiger partial charge in [-0.15, -0.1) is 0 Å². The van der Waals surface area contributed by atoms with Gasteiger partial charge in [0, 0.05) is 12.6 Å². The van der Waals surface area contributed by atoms with E-state index in [0.29, 0.717) is 11.0 Å². The van der Waals surface area contributed by atoms with Crippen molar-refractivity contribution in [2.45, 2.75) is 6.04 Å². The Labute approximate surface area is 79.5 Å². The van der Waals surface area contributed by atoms with E-state index in [-0.39, 0.29) is 11.8 Å². The molecule has 1 aromatic carbocycles. The topological polar surface area (TPSA) is 72.3 Å². The van der Waals surface area contributed by atoms with Gasteiger partial charge in [0.2, 0.25) is 0 Å². The fourth-order valence-corrected chi connectivity index (χ4v) is 1.51. The van der Waals surface area contributed by atoms with Crippen LogP contribution in [0.1, 0.15) is 11.6 Å². The lowest BCUT2D eigenvalue weighted by Crippen LogP contribution is -2.21. The van der Waals surface area contributed by atoms with Crippen LogP contribution in [0.15, 0.2) is 22.7 Å². The molecule has 0 amide bonds. The van der Waals surface area contributed by atoms with Crippen LogP contribution in [0.4, 0.5) is 0 Å². The van der Waals surface area contributed by atoms with Gasteiger partial charge in [0.15, 0.2) is 0 Å². The number of benzene rings is 1. The summed E-state index contributed by atoms with van der Waals surface area (Å²) in [6.45, 7) is 0.363. The first-order valence-corrected chi connectivity index (χ1v) is 4.39. The van der Waals surface area contributed by atoms with Crippen LogP contribution in [0.2, 0.25) is 0 Å². The summed E-state index contributed by atoms with van der Waals surface area (Å²) in [6, 6.07) is 4.94. The number of halogens is 1. The number of rotatable bonds is 2. The Morgan fingerprint density at radius 1 is 1.50 bits per heavy atom. The van der Waals surface area contributed by atoms with Crippen LogP contribution in [0, 0.1) is 0 Å². The number of phenols is 1. The summed E-state index contributed by atoms with van der Waals surface area (Å²) >= 11 is 3.24. The van der Waals surface area contributed by atoms with Crippen molar-refractivity contribution in [1.29, 1.82) is 0 Å². The average Bonchev–Trinajstić information content (AvgIpc) is 2.08. The molecule has 0 saturated heterocycles. The van der Waals surface area contributed by atoms with Crippen LogP contribution in [0.25, 0.3) is 0 Å². The van der Waals surface area contributed by atoms with Gasteiger partial charge >= 0.3 is 0 Å². The van der Waals surface area contributed by atoms with Gasteiger partial charge in [-0.25, -0.2) is 0 Å². The number of aromatic hydroxyl groups is 1. The van der Waals surface area contributed by atoms with Crippen molar-refractivity contribution in [2.75, 3.05) is 6.54 Å². The van der Waals surface area contributed by atoms with E-state index in [9.17, 15) is 5.11 Å². The predicted octanol–water partition coefficient (Wildman–Crippen LogP) is 1.11. The zero-order valence-corrected chi connectivity index (χ0v) is 8.08. The minimum absolute atomic E-state index is 0.191. The predicted molar refractivity (Wildman–Crippen MR) is 51.8 cm³/mol. The lowest BCUT2D eigenvalue weighted by molar-refractivity contribution is 0.470. The second kappa shape index (κ2) is 3.89. The van der Waals surface area contributed by atoms with E-state index in [4.69, 9.17) is 11.5 Å². The summed E-state index contributed by atoms with van der Waals surface area (Å²) in [5.41, 5.74) is 11.9. The highest BCUT2D eigenvalue weighted by Gasteiger charge is 2.09. The van der Waals surface area contributed by atoms with Crippen LogP contribution < -0.4 is 11.5 Å². The molecule has 0 aliphatic rings. The number of phenolic OH excluding ortho intramolecular Hbond substituents is 1. The molecule has 1 aromatic rings. The molecule has 0 bridgehead atoms. The highest BCUT2D eigenvalue weighted by Crippen LogP contribution is 2.29. The van der Waals surface area contributed by atoms with Crippen molar-refractivity contribution in [1.82, 2.24) is 0 Å². The van der Waals surface area contributed by atoms with E-state index in [2.05, 4.69) is 15.9 Å². The molecule has 4 heteroatoms. The minimum Gasteiger partial charge on any atom is -0.507 e. The van der Waals surface area contributed by atoms with E-state index in [1.807, 2.05) is 6.07 Å². The van der Waals surface area contributed by atoms with Crippen molar-refractivity contribution in [3.8, 4) is 5.75 Å². The third-order valence-electron chi connectivity index (χ3n) is 1.66. The summed E-state index contributed by atoms with van der Waals surface area (Å²) in [5, 5.41) is 9.30. The SMILES string of the molecule is NCC(N)c1cccc(O)c1Br. The molecule has 5 N–H and O–H groups in total. The van der Waals surface area contributed by atoms with E-state index < -0.39 is 0 Å². The zero-order chi connectivity index (χ0) is 9.14. The van der Waals surface area contributed by atoms with Crippen LogP contribution in [0.5, 0.6) is 5.75 Å². The zero-order valence-electron chi connectivity index (χ0n) is 6.50. The van der Waals surface area contributed by atoms with Crippen molar-refractivity contribution in [3.63, 3.8) is 0 Å². The lowest BCUT2D eigenvalue weighted by atomic mass is 10.1. The number of nitrogens with two attached hydrogens (primary N) is 2. The van der Waals surface area contributed by atoms with Crippen molar-refractivity contribution < 1.29 is 5.11 Å². The molecule has 1 unspecified atom stereocenters. The molecular weight excluding hydrogens is 220 g/mol. The molecule has 0 aliphatic carbocycles. The van der Waals surface area contributed by atoms with E-state index in [1.165, 1.54) is 0 Å². The summed E-state index contributed by atoms with van der Waals surface area (Å²) in [5.74, 6) is 0.191. The van der Waals surface area contributed by atoms with E-state index >= 15 is 0 Å². The Morgan fingerprint density at radius 2 is 2.17 bits per heavy atom. The monoisotopic (exact) mass is 230 g/mol. The fourth-order valence-electron chi connectivity index (χ4n) is 0.950. The van der Waals surface area contributed by atoms with Crippen LogP contribution in [0.3, 0.4) is 0 Å². The fraction of sp³-hybridized carbons (Fsp3) is 0.250. The van der Waals surface area contributed by atoms with Crippen LogP contribution in [-0.2, 0) is 0 Å². The first kappa shape index (κ1) is 9.51. The molecule has 0 fully saturated rings. The Morgan fingerprint density at radius 3 is 2.75 bits per heavy atom. The molecule has 0 aromatic heterocycles. The Hall–Kier alpha value is -0.580. The van der Waals surface area contributed by atoms with Crippen molar-refractivity contribution in [2.24, 2.45) is 11.5 Å². The van der Waals surface area contributed by atoms with E-state index in [0.717, 1.165) is 5.56 Å². The molecule has 66 valence electrons. The van der Waals surface area contributed by atoms with Crippen LogP contribution in [-0.4, -0.2) is 11.7 Å². The van der Waals surface area contributed by atoms with Gasteiger partial charge in [-0.3, -0.25) is 0 Å². The van der Waals surface area contributed by atoms with Gasteiger partial charge in [-0.05, 0) is 27.6 Å². The second-order valence-corrected chi connectivity index (χ2v) is 3.32. The first-order chi connectivity index (χ1) is 5.66. The largest absolute Gasteiger partial charge is 0.507 e. The van der Waals surface area contributed by atoms with Gasteiger partial charge in [-0.1, -0.05) is 12.1 Å². The van der Waals surface area contributed by atoms with Crippen LogP contribution >= 0.6 is 15.9 Å². The quantitative estimate of drug-likeness (QED) is 0.713. The molecule has 3 nitrogen and oxygen atoms in total. The summed E-state index contributed by atoms with van der Waals surface area (Å²) < 4.78 is 0.628. The summed E-state index contributed by atoms with van der Waals surface area (Å²) in [6.07, 6.45) is 0.